The van der Waals surface area contributed by atoms with E-state index in [4.69, 9.17) is 21.6 Å². The number of thiophene rings is 1. The lowest BCUT2D eigenvalue weighted by molar-refractivity contribution is 0.0917. The fourth-order valence-electron chi connectivity index (χ4n) is 5.47. The van der Waals surface area contributed by atoms with Crippen LogP contribution in [0.1, 0.15) is 47.3 Å². The van der Waals surface area contributed by atoms with Gasteiger partial charge in [-0.3, -0.25) is 10.2 Å². The smallest absolute Gasteiger partial charge is 0.268 e. The van der Waals surface area contributed by atoms with Crippen LogP contribution in [0.15, 0.2) is 77.5 Å². The Morgan fingerprint density at radius 3 is 2.59 bits per heavy atom. The molecule has 1 fully saturated rings. The van der Waals surface area contributed by atoms with Crippen molar-refractivity contribution < 1.29 is 9.53 Å². The number of aromatic nitrogens is 1. The van der Waals surface area contributed by atoms with Crippen molar-refractivity contribution in [3.05, 3.63) is 94.3 Å². The number of nitrogens with one attached hydrogen (secondary N) is 2. The van der Waals surface area contributed by atoms with Crippen LogP contribution in [0.4, 0.5) is 0 Å². The largest absolute Gasteiger partial charge is 0.456 e. The highest BCUT2D eigenvalue weighted by Gasteiger charge is 2.23. The zero-order valence-corrected chi connectivity index (χ0v) is 22.3. The van der Waals surface area contributed by atoms with Crippen LogP contribution >= 0.6 is 11.3 Å². The van der Waals surface area contributed by atoms with Crippen molar-refractivity contribution in [2.45, 2.75) is 44.3 Å². The number of hydrogen-bond donors (Lipinski definition) is 4. The first-order valence-corrected chi connectivity index (χ1v) is 14.1. The molecule has 0 aliphatic heterocycles. The molecule has 0 spiro atoms. The summed E-state index contributed by atoms with van der Waals surface area (Å²) in [6.45, 7) is 0.449. The van der Waals surface area contributed by atoms with Crippen molar-refractivity contribution in [2.24, 2.45) is 11.5 Å². The molecule has 7 nitrogen and oxygen atoms in total. The molecule has 1 saturated carbocycles. The number of nitrogens with zero attached hydrogens (tertiary/aromatic N) is 1. The monoisotopic (exact) mass is 537 g/mol. The number of amidine groups is 1. The number of ether oxygens (including phenoxy) is 1. The minimum atomic E-state index is -0.106. The summed E-state index contributed by atoms with van der Waals surface area (Å²) in [6.07, 6.45) is 3.60. The minimum Gasteiger partial charge on any atom is -0.456 e. The van der Waals surface area contributed by atoms with Crippen LogP contribution in [-0.4, -0.2) is 28.4 Å². The summed E-state index contributed by atoms with van der Waals surface area (Å²) in [5, 5.41) is 18.3. The SMILES string of the molecule is N=C(N)c1ccc2cc(C(=O)N[C@H]3CC[C@H](N)CC3)n(Cc3cc(Oc4ccsc4)cc4ccccc34)c2c1. The molecule has 8 heteroatoms. The number of rotatable bonds is 7. The second-order valence-electron chi connectivity index (χ2n) is 10.3. The first-order valence-electron chi connectivity index (χ1n) is 13.2. The second-order valence-corrected chi connectivity index (χ2v) is 11.0. The molecule has 0 radical (unpaired) electrons. The molecular formula is C31H31N5O2S. The molecule has 6 N–H and O–H groups in total. The van der Waals surface area contributed by atoms with Gasteiger partial charge in [-0.1, -0.05) is 36.4 Å². The highest BCUT2D eigenvalue weighted by atomic mass is 32.1. The Hall–Kier alpha value is -4.14. The summed E-state index contributed by atoms with van der Waals surface area (Å²) in [7, 11) is 0. The van der Waals surface area contributed by atoms with Crippen LogP contribution in [0.3, 0.4) is 0 Å². The molecule has 3 aromatic carbocycles. The summed E-state index contributed by atoms with van der Waals surface area (Å²) in [5.74, 6) is 1.43. The molecule has 1 aliphatic carbocycles. The van der Waals surface area contributed by atoms with Crippen LogP contribution in [0.5, 0.6) is 11.5 Å². The van der Waals surface area contributed by atoms with E-state index >= 15 is 0 Å². The van der Waals surface area contributed by atoms with Gasteiger partial charge in [0.25, 0.3) is 5.91 Å². The molecule has 5 aromatic rings. The van der Waals surface area contributed by atoms with Gasteiger partial charge in [0.1, 0.15) is 23.0 Å². The molecule has 39 heavy (non-hydrogen) atoms. The Bertz CT molecular complexity index is 1670. The van der Waals surface area contributed by atoms with Gasteiger partial charge >= 0.3 is 0 Å². The zero-order valence-electron chi connectivity index (χ0n) is 21.5. The van der Waals surface area contributed by atoms with Crippen LogP contribution in [-0.2, 0) is 6.54 Å². The van der Waals surface area contributed by atoms with Crippen LogP contribution in [0, 0.1) is 5.41 Å². The molecular weight excluding hydrogens is 506 g/mol. The van der Waals surface area contributed by atoms with Gasteiger partial charge in [0.05, 0.1) is 0 Å². The predicted octanol–water partition coefficient (Wildman–Crippen LogP) is 5.98. The lowest BCUT2D eigenvalue weighted by Gasteiger charge is -2.27. The highest BCUT2D eigenvalue weighted by molar-refractivity contribution is 7.08. The van der Waals surface area contributed by atoms with Gasteiger partial charge in [0.15, 0.2) is 0 Å². The molecule has 0 unspecified atom stereocenters. The third-order valence-corrected chi connectivity index (χ3v) is 8.20. The molecule has 2 aromatic heterocycles. The third kappa shape index (κ3) is 5.26. The van der Waals surface area contributed by atoms with Crippen molar-refractivity contribution in [2.75, 3.05) is 0 Å². The van der Waals surface area contributed by atoms with E-state index in [1.807, 2.05) is 69.9 Å². The fourth-order valence-corrected chi connectivity index (χ4v) is 6.02. The van der Waals surface area contributed by atoms with Gasteiger partial charge in [0.2, 0.25) is 0 Å². The first-order chi connectivity index (χ1) is 18.9. The Labute approximate surface area is 230 Å². The Morgan fingerprint density at radius 1 is 1.00 bits per heavy atom. The average Bonchev–Trinajstić information content (AvgIpc) is 3.57. The number of nitrogens with two attached hydrogens (primary N) is 2. The lowest BCUT2D eigenvalue weighted by atomic mass is 9.92. The third-order valence-electron chi connectivity index (χ3n) is 7.54. The zero-order chi connectivity index (χ0) is 26.9. The first kappa shape index (κ1) is 25.2. The Kier molecular flexibility index (Phi) is 6.81. The summed E-state index contributed by atoms with van der Waals surface area (Å²) >= 11 is 1.59. The second kappa shape index (κ2) is 10.6. The maximum absolute atomic E-state index is 13.7. The van der Waals surface area contributed by atoms with Gasteiger partial charge < -0.3 is 26.1 Å². The van der Waals surface area contributed by atoms with E-state index in [9.17, 15) is 4.79 Å². The van der Waals surface area contributed by atoms with Gasteiger partial charge in [-0.25, -0.2) is 0 Å². The number of carbonyl (C=O) groups excluding carboxylic acids is 1. The number of carbonyl (C=O) groups is 1. The molecule has 2 heterocycles. The topological polar surface area (TPSA) is 119 Å². The van der Waals surface area contributed by atoms with E-state index in [0.29, 0.717) is 17.8 Å². The number of hydrogen-bond acceptors (Lipinski definition) is 5. The quantitative estimate of drug-likeness (QED) is 0.151. The van der Waals surface area contributed by atoms with E-state index in [-0.39, 0.29) is 23.8 Å². The van der Waals surface area contributed by atoms with Crippen molar-refractivity contribution >= 4 is 44.8 Å². The van der Waals surface area contributed by atoms with Crippen molar-refractivity contribution in [3.63, 3.8) is 0 Å². The minimum absolute atomic E-state index is 0.00851. The molecule has 1 aliphatic rings. The molecule has 6 rings (SSSR count). The van der Waals surface area contributed by atoms with Crippen molar-refractivity contribution in [1.82, 2.24) is 9.88 Å². The van der Waals surface area contributed by atoms with Gasteiger partial charge in [-0.15, -0.1) is 11.3 Å². The molecule has 0 atom stereocenters. The van der Waals surface area contributed by atoms with E-state index in [1.165, 1.54) is 0 Å². The van der Waals surface area contributed by atoms with Crippen LogP contribution in [0.25, 0.3) is 21.7 Å². The molecule has 0 bridgehead atoms. The number of nitrogen functional groups attached to an aromatic ring is 1. The van der Waals surface area contributed by atoms with Crippen molar-refractivity contribution in [3.8, 4) is 11.5 Å². The highest BCUT2D eigenvalue weighted by Crippen LogP contribution is 2.32. The number of amides is 1. The van der Waals surface area contributed by atoms with E-state index < -0.39 is 0 Å². The summed E-state index contributed by atoms with van der Waals surface area (Å²) in [4.78, 5) is 13.7. The predicted molar refractivity (Wildman–Crippen MR) is 158 cm³/mol. The number of benzene rings is 3. The van der Waals surface area contributed by atoms with Gasteiger partial charge in [-0.05, 0) is 77.7 Å². The lowest BCUT2D eigenvalue weighted by Crippen LogP contribution is -2.41. The van der Waals surface area contributed by atoms with E-state index in [2.05, 4.69) is 17.4 Å². The average molecular weight is 538 g/mol. The summed E-state index contributed by atoms with van der Waals surface area (Å²) in [5.41, 5.74) is 15.0. The van der Waals surface area contributed by atoms with E-state index in [0.717, 1.165) is 64.4 Å². The Morgan fingerprint density at radius 2 is 1.82 bits per heavy atom. The normalized spacial score (nSPS) is 17.4. The van der Waals surface area contributed by atoms with Crippen LogP contribution in [0.2, 0.25) is 0 Å². The van der Waals surface area contributed by atoms with Crippen molar-refractivity contribution in [1.29, 1.82) is 5.41 Å². The van der Waals surface area contributed by atoms with E-state index in [1.54, 1.807) is 11.3 Å². The summed E-state index contributed by atoms with van der Waals surface area (Å²) in [6, 6.07) is 22.1. The summed E-state index contributed by atoms with van der Waals surface area (Å²) < 4.78 is 8.21. The van der Waals surface area contributed by atoms with Gasteiger partial charge in [-0.2, -0.15) is 0 Å². The number of fused-ring (bicyclic) bond motifs is 2. The maximum Gasteiger partial charge on any atom is 0.268 e. The molecule has 0 saturated heterocycles. The fraction of sp³-hybridized carbons (Fsp3) is 0.226. The molecule has 1 amide bonds. The molecule has 198 valence electrons. The van der Waals surface area contributed by atoms with Gasteiger partial charge in [0, 0.05) is 40.5 Å². The standard InChI is InChI=1S/C31H31N5O2S/c32-23-7-9-24(10-8-23)35-31(37)29-15-20-5-6-21(30(33)34)16-28(20)36(29)17-22-14-26(38-25-11-12-39-18-25)13-19-3-1-2-4-27(19)22/h1-6,11-16,18,23-24H,7-10,17,32H2,(H3,33,34)(H,35,37)/t23-,24-. The Balaban J connectivity index is 1.43. The maximum atomic E-state index is 13.7. The van der Waals surface area contributed by atoms with Crippen LogP contribution < -0.4 is 21.5 Å².